The van der Waals surface area contributed by atoms with Crippen LogP contribution in [0.3, 0.4) is 0 Å². The highest BCUT2D eigenvalue weighted by molar-refractivity contribution is 5.18. The largest absolute Gasteiger partial charge is 0.376 e. The van der Waals surface area contributed by atoms with Gasteiger partial charge in [-0.15, -0.1) is 0 Å². The summed E-state index contributed by atoms with van der Waals surface area (Å²) < 4.78 is 19.9. The topological polar surface area (TPSA) is 40.2 Å². The maximum Gasteiger partial charge on any atom is 0.103 e. The monoisotopic (exact) mass is 535 g/mol. The molecule has 1 aliphatic carbocycles. The van der Waals surface area contributed by atoms with Crippen molar-refractivity contribution >= 4 is 0 Å². The molecule has 0 bridgehead atoms. The van der Waals surface area contributed by atoms with Crippen LogP contribution in [0, 0.1) is 11.8 Å². The van der Waals surface area contributed by atoms with Crippen molar-refractivity contribution in [1.29, 1.82) is 0 Å². The summed E-state index contributed by atoms with van der Waals surface area (Å²) in [6.45, 7) is 3.55. The fourth-order valence-electron chi connectivity index (χ4n) is 6.01. The normalized spacial score (nSPS) is 24.2. The molecule has 1 aliphatic heterocycles. The van der Waals surface area contributed by atoms with Gasteiger partial charge in [0.1, 0.15) is 6.10 Å². The van der Waals surface area contributed by atoms with E-state index >= 15 is 0 Å². The van der Waals surface area contributed by atoms with Crippen LogP contribution in [0.15, 0.2) is 121 Å². The summed E-state index contributed by atoms with van der Waals surface area (Å²) >= 11 is 0. The van der Waals surface area contributed by atoms with Crippen molar-refractivity contribution in [3.63, 3.8) is 0 Å². The second-order valence-electron chi connectivity index (χ2n) is 10.7. The number of fused-ring (bicyclic) bond motifs is 1. The summed E-state index contributed by atoms with van der Waals surface area (Å²) in [5.41, 5.74) is 4.69. The molecule has 1 saturated heterocycles. The van der Waals surface area contributed by atoms with Gasteiger partial charge in [-0.05, 0) is 22.3 Å². The standard InChI is InChI=1S/C35H37NO4/c1-5-13-27(14-6-1)21-36-33-31(26-40-36)32(25-37-22-28-15-7-2-8-16-28)34(38-23-29-17-9-3-10-18-29)35(33)39-24-30-19-11-4-12-20-30/h1-20,31-35H,21-26H2/t31-,32+,33+,34-,35-/m0/s1. The highest BCUT2D eigenvalue weighted by atomic mass is 16.7. The van der Waals surface area contributed by atoms with Crippen molar-refractivity contribution in [2.75, 3.05) is 13.2 Å². The van der Waals surface area contributed by atoms with Crippen LogP contribution in [-0.4, -0.2) is 36.5 Å². The number of hydrogen-bond acceptors (Lipinski definition) is 5. The summed E-state index contributed by atoms with van der Waals surface area (Å²) in [5.74, 6) is 0.375. The lowest BCUT2D eigenvalue weighted by Gasteiger charge is -2.31. The molecular formula is C35H37NO4. The van der Waals surface area contributed by atoms with Gasteiger partial charge in [0.05, 0.1) is 45.2 Å². The van der Waals surface area contributed by atoms with Crippen LogP contribution in [-0.2, 0) is 45.4 Å². The van der Waals surface area contributed by atoms with E-state index in [9.17, 15) is 0 Å². The molecule has 0 amide bonds. The van der Waals surface area contributed by atoms with Gasteiger partial charge >= 0.3 is 0 Å². The van der Waals surface area contributed by atoms with Crippen molar-refractivity contribution in [2.45, 2.75) is 44.6 Å². The summed E-state index contributed by atoms with van der Waals surface area (Å²) in [4.78, 5) is 6.35. The Labute approximate surface area is 237 Å². The first-order chi connectivity index (χ1) is 19.8. The number of ether oxygens (including phenoxy) is 3. The molecule has 0 spiro atoms. The highest BCUT2D eigenvalue weighted by Gasteiger charge is 2.57. The van der Waals surface area contributed by atoms with Crippen molar-refractivity contribution in [3.05, 3.63) is 144 Å². The third-order valence-electron chi connectivity index (χ3n) is 8.01. The molecular weight excluding hydrogens is 498 g/mol. The number of hydroxylamine groups is 2. The fraction of sp³-hybridized carbons (Fsp3) is 0.314. The van der Waals surface area contributed by atoms with Gasteiger partial charge in [0.15, 0.2) is 0 Å². The van der Waals surface area contributed by atoms with Crippen molar-refractivity contribution < 1.29 is 19.0 Å². The van der Waals surface area contributed by atoms with Gasteiger partial charge in [0.2, 0.25) is 0 Å². The molecule has 1 heterocycles. The van der Waals surface area contributed by atoms with Crippen LogP contribution in [0.1, 0.15) is 22.3 Å². The van der Waals surface area contributed by atoms with E-state index in [4.69, 9.17) is 19.0 Å². The van der Waals surface area contributed by atoms with E-state index in [2.05, 4.69) is 102 Å². The Morgan fingerprint density at radius 1 is 0.575 bits per heavy atom. The van der Waals surface area contributed by atoms with Crippen LogP contribution < -0.4 is 0 Å². The van der Waals surface area contributed by atoms with Gasteiger partial charge in [-0.2, -0.15) is 5.06 Å². The lowest BCUT2D eigenvalue weighted by Crippen LogP contribution is -2.43. The zero-order chi connectivity index (χ0) is 27.0. The Kier molecular flexibility index (Phi) is 8.98. The minimum absolute atomic E-state index is 0.0648. The van der Waals surface area contributed by atoms with Gasteiger partial charge in [-0.25, -0.2) is 0 Å². The van der Waals surface area contributed by atoms with Crippen molar-refractivity contribution in [1.82, 2.24) is 5.06 Å². The van der Waals surface area contributed by atoms with Gasteiger partial charge in [-0.3, -0.25) is 4.84 Å². The molecule has 4 aromatic rings. The van der Waals surface area contributed by atoms with Crippen LogP contribution >= 0.6 is 0 Å². The third kappa shape index (κ3) is 6.52. The minimum Gasteiger partial charge on any atom is -0.376 e. The Hall–Kier alpha value is -3.32. The van der Waals surface area contributed by atoms with Crippen LogP contribution in [0.2, 0.25) is 0 Å². The van der Waals surface area contributed by atoms with E-state index in [1.165, 1.54) is 11.1 Å². The summed E-state index contributed by atoms with van der Waals surface area (Å²) in [6.07, 6.45) is -0.290. The first-order valence-corrected chi connectivity index (χ1v) is 14.2. The molecule has 2 fully saturated rings. The first-order valence-electron chi connectivity index (χ1n) is 14.2. The Morgan fingerprint density at radius 3 is 1.60 bits per heavy atom. The minimum atomic E-state index is -0.162. The quantitative estimate of drug-likeness (QED) is 0.209. The molecule has 0 radical (unpaired) electrons. The molecule has 6 rings (SSSR count). The molecule has 4 aromatic carbocycles. The second kappa shape index (κ2) is 13.4. The molecule has 206 valence electrons. The van der Waals surface area contributed by atoms with Crippen LogP contribution in [0.25, 0.3) is 0 Å². The average Bonchev–Trinajstić information content (AvgIpc) is 3.55. The summed E-state index contributed by atoms with van der Waals surface area (Å²) in [5, 5.41) is 2.13. The maximum absolute atomic E-state index is 6.76. The fourth-order valence-corrected chi connectivity index (χ4v) is 6.01. The molecule has 40 heavy (non-hydrogen) atoms. The van der Waals surface area contributed by atoms with E-state index in [0.717, 1.165) is 11.1 Å². The van der Waals surface area contributed by atoms with Gasteiger partial charge < -0.3 is 14.2 Å². The van der Waals surface area contributed by atoms with Crippen molar-refractivity contribution in [2.24, 2.45) is 11.8 Å². The maximum atomic E-state index is 6.76. The van der Waals surface area contributed by atoms with Gasteiger partial charge in [-0.1, -0.05) is 121 Å². The average molecular weight is 536 g/mol. The second-order valence-corrected chi connectivity index (χ2v) is 10.7. The van der Waals surface area contributed by atoms with Crippen LogP contribution in [0.5, 0.6) is 0 Å². The predicted molar refractivity (Wildman–Crippen MR) is 155 cm³/mol. The van der Waals surface area contributed by atoms with Crippen molar-refractivity contribution in [3.8, 4) is 0 Å². The summed E-state index contributed by atoms with van der Waals surface area (Å²) in [6, 6.07) is 41.6. The molecule has 5 nitrogen and oxygen atoms in total. The lowest BCUT2D eigenvalue weighted by molar-refractivity contribution is -0.188. The van der Waals surface area contributed by atoms with Gasteiger partial charge in [0.25, 0.3) is 0 Å². The van der Waals surface area contributed by atoms with Gasteiger partial charge in [0, 0.05) is 18.4 Å². The SMILES string of the molecule is c1ccc(COC[C@@H]2[C@@H]3CON(Cc4ccccc4)[C@H]3[C@H](OCc3ccccc3)[C@H]2OCc2ccccc2)cc1. The Balaban J connectivity index is 1.25. The smallest absolute Gasteiger partial charge is 0.103 e. The van der Waals surface area contributed by atoms with E-state index in [-0.39, 0.29) is 30.1 Å². The number of nitrogens with zero attached hydrogens (tertiary/aromatic N) is 1. The van der Waals surface area contributed by atoms with E-state index in [0.29, 0.717) is 39.6 Å². The third-order valence-corrected chi connectivity index (χ3v) is 8.01. The molecule has 5 atom stereocenters. The zero-order valence-corrected chi connectivity index (χ0v) is 22.8. The number of hydrogen-bond donors (Lipinski definition) is 0. The zero-order valence-electron chi connectivity index (χ0n) is 22.8. The van der Waals surface area contributed by atoms with E-state index < -0.39 is 0 Å². The summed E-state index contributed by atoms with van der Waals surface area (Å²) in [7, 11) is 0. The highest BCUT2D eigenvalue weighted by Crippen LogP contribution is 2.45. The molecule has 0 unspecified atom stereocenters. The Morgan fingerprint density at radius 2 is 1.05 bits per heavy atom. The Bertz CT molecular complexity index is 1290. The number of rotatable bonds is 12. The molecule has 0 aromatic heterocycles. The molecule has 5 heteroatoms. The molecule has 0 N–H and O–H groups in total. The predicted octanol–water partition coefficient (Wildman–Crippen LogP) is 6.44. The lowest BCUT2D eigenvalue weighted by atomic mass is 9.94. The van der Waals surface area contributed by atoms with Crippen LogP contribution in [0.4, 0.5) is 0 Å². The molecule has 2 aliphatic rings. The van der Waals surface area contributed by atoms with E-state index in [1.807, 2.05) is 24.3 Å². The number of benzene rings is 4. The first kappa shape index (κ1) is 26.9. The van der Waals surface area contributed by atoms with E-state index in [1.54, 1.807) is 0 Å². The molecule has 1 saturated carbocycles.